The second-order valence-corrected chi connectivity index (χ2v) is 7.39. The van der Waals surface area contributed by atoms with Crippen LogP contribution in [0.1, 0.15) is 38.2 Å². The van der Waals surface area contributed by atoms with Gasteiger partial charge in [-0.3, -0.25) is 4.99 Å². The third-order valence-corrected chi connectivity index (χ3v) is 5.45. The number of benzene rings is 1. The van der Waals surface area contributed by atoms with Crippen molar-refractivity contribution in [2.45, 2.75) is 50.3 Å². The SMILES string of the molecule is CCCOc1cccc(CCNC(=NC)NC2CCC(SC)C2)c1.I. The summed E-state index contributed by atoms with van der Waals surface area (Å²) in [5.41, 5.74) is 1.29. The van der Waals surface area contributed by atoms with Crippen LogP contribution in [0.25, 0.3) is 0 Å². The van der Waals surface area contributed by atoms with Gasteiger partial charge in [0.15, 0.2) is 5.96 Å². The number of guanidine groups is 1. The summed E-state index contributed by atoms with van der Waals surface area (Å²) in [6.07, 6.45) is 7.98. The molecule has 4 nitrogen and oxygen atoms in total. The Labute approximate surface area is 174 Å². The Hall–Kier alpha value is -0.630. The summed E-state index contributed by atoms with van der Waals surface area (Å²) < 4.78 is 5.70. The lowest BCUT2D eigenvalue weighted by molar-refractivity contribution is 0.317. The Balaban J connectivity index is 0.00000312. The molecular weight excluding hydrogens is 445 g/mol. The van der Waals surface area contributed by atoms with Gasteiger partial charge >= 0.3 is 0 Å². The summed E-state index contributed by atoms with van der Waals surface area (Å²) >= 11 is 1.98. The third kappa shape index (κ3) is 8.07. The highest BCUT2D eigenvalue weighted by atomic mass is 127. The highest BCUT2D eigenvalue weighted by molar-refractivity contribution is 14.0. The Morgan fingerprint density at radius 2 is 2.20 bits per heavy atom. The van der Waals surface area contributed by atoms with E-state index in [0.717, 1.165) is 43.0 Å². The standard InChI is InChI=1S/C19H31N3OS.HI/c1-4-12-23-17-7-5-6-15(13-17)10-11-21-19(20-2)22-16-8-9-18(14-16)24-3;/h5-7,13,16,18H,4,8-12,14H2,1-3H3,(H2,20,21,22);1H. The molecule has 0 spiro atoms. The minimum Gasteiger partial charge on any atom is -0.494 e. The van der Waals surface area contributed by atoms with E-state index < -0.39 is 0 Å². The minimum atomic E-state index is 0. The molecule has 6 heteroatoms. The molecule has 1 aliphatic carbocycles. The first-order valence-electron chi connectivity index (χ1n) is 8.96. The summed E-state index contributed by atoms with van der Waals surface area (Å²) in [6.45, 7) is 3.77. The van der Waals surface area contributed by atoms with Gasteiger partial charge in [0.1, 0.15) is 5.75 Å². The first kappa shape index (κ1) is 22.4. The van der Waals surface area contributed by atoms with Gasteiger partial charge in [-0.1, -0.05) is 19.1 Å². The number of hydrogen-bond donors (Lipinski definition) is 2. The second kappa shape index (κ2) is 12.7. The van der Waals surface area contributed by atoms with Gasteiger partial charge in [-0.15, -0.1) is 24.0 Å². The average molecular weight is 477 g/mol. The molecular formula is C19H32IN3OS. The quantitative estimate of drug-likeness (QED) is 0.337. The van der Waals surface area contributed by atoms with Crippen LogP contribution in [-0.2, 0) is 6.42 Å². The van der Waals surface area contributed by atoms with E-state index >= 15 is 0 Å². The van der Waals surface area contributed by atoms with E-state index in [-0.39, 0.29) is 24.0 Å². The number of nitrogens with zero attached hydrogens (tertiary/aromatic N) is 1. The molecule has 25 heavy (non-hydrogen) atoms. The highest BCUT2D eigenvalue weighted by Crippen LogP contribution is 2.27. The molecule has 2 rings (SSSR count). The number of rotatable bonds is 8. The lowest BCUT2D eigenvalue weighted by atomic mass is 10.1. The van der Waals surface area contributed by atoms with Gasteiger partial charge in [0, 0.05) is 24.9 Å². The number of hydrogen-bond acceptors (Lipinski definition) is 3. The van der Waals surface area contributed by atoms with Crippen LogP contribution in [0.4, 0.5) is 0 Å². The zero-order valence-electron chi connectivity index (χ0n) is 15.6. The normalized spacial score (nSPS) is 20.0. The predicted molar refractivity (Wildman–Crippen MR) is 121 cm³/mol. The Morgan fingerprint density at radius 3 is 2.88 bits per heavy atom. The summed E-state index contributed by atoms with van der Waals surface area (Å²) in [5, 5.41) is 7.79. The molecule has 0 bridgehead atoms. The molecule has 0 heterocycles. The molecule has 1 aromatic carbocycles. The lowest BCUT2D eigenvalue weighted by Gasteiger charge is -2.17. The molecule has 2 N–H and O–H groups in total. The number of halogens is 1. The first-order valence-corrected chi connectivity index (χ1v) is 10.3. The van der Waals surface area contributed by atoms with Crippen LogP contribution in [0.3, 0.4) is 0 Å². The van der Waals surface area contributed by atoms with Crippen molar-refractivity contribution in [2.24, 2.45) is 4.99 Å². The van der Waals surface area contributed by atoms with Crippen molar-refractivity contribution in [1.29, 1.82) is 0 Å². The van der Waals surface area contributed by atoms with E-state index in [2.05, 4.69) is 47.0 Å². The topological polar surface area (TPSA) is 45.6 Å². The fourth-order valence-corrected chi connectivity index (χ4v) is 3.81. The third-order valence-electron chi connectivity index (χ3n) is 4.36. The Bertz CT molecular complexity index is 527. The molecule has 142 valence electrons. The van der Waals surface area contributed by atoms with E-state index in [9.17, 15) is 0 Å². The Morgan fingerprint density at radius 1 is 1.36 bits per heavy atom. The van der Waals surface area contributed by atoms with Crippen molar-refractivity contribution in [1.82, 2.24) is 10.6 Å². The number of aliphatic imine (C=N–C) groups is 1. The van der Waals surface area contributed by atoms with Gasteiger partial charge in [-0.05, 0) is 56.1 Å². The zero-order valence-corrected chi connectivity index (χ0v) is 18.7. The van der Waals surface area contributed by atoms with Gasteiger partial charge in [-0.2, -0.15) is 11.8 Å². The van der Waals surface area contributed by atoms with Crippen LogP contribution in [0.2, 0.25) is 0 Å². The zero-order chi connectivity index (χ0) is 17.2. The average Bonchev–Trinajstić information content (AvgIpc) is 3.07. The van der Waals surface area contributed by atoms with E-state index in [1.165, 1.54) is 24.8 Å². The van der Waals surface area contributed by atoms with Crippen LogP contribution in [0.15, 0.2) is 29.3 Å². The summed E-state index contributed by atoms with van der Waals surface area (Å²) in [4.78, 5) is 4.35. The molecule has 0 aromatic heterocycles. The van der Waals surface area contributed by atoms with Gasteiger partial charge in [-0.25, -0.2) is 0 Å². The van der Waals surface area contributed by atoms with Gasteiger partial charge in [0.05, 0.1) is 6.61 Å². The Kier molecular flexibility index (Phi) is 11.4. The largest absolute Gasteiger partial charge is 0.494 e. The van der Waals surface area contributed by atoms with Gasteiger partial charge < -0.3 is 15.4 Å². The van der Waals surface area contributed by atoms with Gasteiger partial charge in [0.2, 0.25) is 0 Å². The van der Waals surface area contributed by atoms with Crippen LogP contribution in [0, 0.1) is 0 Å². The molecule has 1 saturated carbocycles. The molecule has 2 unspecified atom stereocenters. The van der Waals surface area contributed by atoms with Crippen LogP contribution < -0.4 is 15.4 Å². The maximum Gasteiger partial charge on any atom is 0.191 e. The predicted octanol–water partition coefficient (Wildman–Crippen LogP) is 4.09. The summed E-state index contributed by atoms with van der Waals surface area (Å²) in [6, 6.07) is 8.92. The fraction of sp³-hybridized carbons (Fsp3) is 0.632. The molecule has 0 amide bonds. The van der Waals surface area contributed by atoms with Crippen molar-refractivity contribution < 1.29 is 4.74 Å². The summed E-state index contributed by atoms with van der Waals surface area (Å²) in [5.74, 6) is 1.88. The highest BCUT2D eigenvalue weighted by Gasteiger charge is 2.24. The van der Waals surface area contributed by atoms with E-state index in [0.29, 0.717) is 6.04 Å². The van der Waals surface area contributed by atoms with Gasteiger partial charge in [0.25, 0.3) is 0 Å². The van der Waals surface area contributed by atoms with E-state index in [1.54, 1.807) is 0 Å². The number of ether oxygens (including phenoxy) is 1. The minimum absolute atomic E-state index is 0. The molecule has 1 fully saturated rings. The van der Waals surface area contributed by atoms with Crippen LogP contribution in [0.5, 0.6) is 5.75 Å². The van der Waals surface area contributed by atoms with Crippen molar-refractivity contribution >= 4 is 41.7 Å². The number of nitrogens with one attached hydrogen (secondary N) is 2. The molecule has 0 aliphatic heterocycles. The molecule has 1 aromatic rings. The van der Waals surface area contributed by atoms with Crippen molar-refractivity contribution in [3.8, 4) is 5.75 Å². The van der Waals surface area contributed by atoms with Crippen LogP contribution in [-0.4, -0.2) is 43.7 Å². The van der Waals surface area contributed by atoms with Crippen LogP contribution >= 0.6 is 35.7 Å². The fourth-order valence-electron chi connectivity index (χ4n) is 3.01. The lowest BCUT2D eigenvalue weighted by Crippen LogP contribution is -2.43. The maximum absolute atomic E-state index is 5.70. The number of thioether (sulfide) groups is 1. The van der Waals surface area contributed by atoms with Crippen molar-refractivity contribution in [2.75, 3.05) is 26.5 Å². The summed E-state index contributed by atoms with van der Waals surface area (Å²) in [7, 11) is 1.84. The smallest absolute Gasteiger partial charge is 0.191 e. The maximum atomic E-state index is 5.70. The monoisotopic (exact) mass is 477 g/mol. The van der Waals surface area contributed by atoms with Crippen molar-refractivity contribution in [3.63, 3.8) is 0 Å². The van der Waals surface area contributed by atoms with E-state index in [1.807, 2.05) is 24.9 Å². The molecule has 2 atom stereocenters. The first-order chi connectivity index (χ1) is 11.7. The van der Waals surface area contributed by atoms with E-state index in [4.69, 9.17) is 4.74 Å². The molecule has 1 aliphatic rings. The van der Waals surface area contributed by atoms with Crippen molar-refractivity contribution in [3.05, 3.63) is 29.8 Å². The molecule has 0 radical (unpaired) electrons. The second-order valence-electron chi connectivity index (χ2n) is 6.26. The molecule has 0 saturated heterocycles.